The molecule has 0 aliphatic rings. The molecule has 0 spiro atoms. The van der Waals surface area contributed by atoms with Crippen LogP contribution in [-0.4, -0.2) is 32.4 Å². The van der Waals surface area contributed by atoms with Crippen molar-refractivity contribution in [3.63, 3.8) is 0 Å². The Labute approximate surface area is 146 Å². The molecular weight excluding hydrogens is 320 g/mol. The number of hydrogen-bond donors (Lipinski definition) is 1. The Kier molecular flexibility index (Phi) is 6.23. The third kappa shape index (κ3) is 4.88. The second-order valence-corrected chi connectivity index (χ2v) is 5.13. The number of carboxylic acid groups (broad SMARTS) is 1. The van der Waals surface area contributed by atoms with Gasteiger partial charge in [-0.3, -0.25) is 0 Å². The fraction of sp³-hybridized carbons (Fsp3) is 0.150. The van der Waals surface area contributed by atoms with E-state index in [1.165, 1.54) is 0 Å². The second-order valence-electron chi connectivity index (χ2n) is 5.13. The maximum Gasteiger partial charge on any atom is 0.328 e. The van der Waals surface area contributed by atoms with Crippen LogP contribution < -0.4 is 14.2 Å². The first-order valence-corrected chi connectivity index (χ1v) is 7.56. The molecule has 0 amide bonds. The molecule has 1 N–H and O–H groups in total. The van der Waals surface area contributed by atoms with E-state index in [-0.39, 0.29) is 0 Å². The number of aliphatic carboxylic acids is 1. The number of rotatable bonds is 7. The van der Waals surface area contributed by atoms with Crippen molar-refractivity contribution in [1.29, 1.82) is 0 Å². The summed E-state index contributed by atoms with van der Waals surface area (Å²) in [6, 6.07) is 11.3. The zero-order valence-corrected chi connectivity index (χ0v) is 14.4. The van der Waals surface area contributed by atoms with Crippen LogP contribution in [0.15, 0.2) is 42.5 Å². The van der Waals surface area contributed by atoms with Crippen LogP contribution >= 0.6 is 0 Å². The molecule has 25 heavy (non-hydrogen) atoms. The molecule has 5 nitrogen and oxygen atoms in total. The first-order valence-electron chi connectivity index (χ1n) is 7.56. The van der Waals surface area contributed by atoms with Crippen molar-refractivity contribution in [2.75, 3.05) is 21.3 Å². The van der Waals surface area contributed by atoms with Gasteiger partial charge in [0.2, 0.25) is 5.75 Å². The third-order valence-electron chi connectivity index (χ3n) is 3.51. The molecule has 2 rings (SSSR count). The molecule has 0 unspecified atom stereocenters. The molecule has 5 heteroatoms. The average Bonchev–Trinajstić information content (AvgIpc) is 2.64. The number of ether oxygens (including phenoxy) is 3. The summed E-state index contributed by atoms with van der Waals surface area (Å²) >= 11 is 0. The fourth-order valence-corrected chi connectivity index (χ4v) is 2.28. The highest BCUT2D eigenvalue weighted by Crippen LogP contribution is 2.38. The molecule has 0 atom stereocenters. The van der Waals surface area contributed by atoms with Gasteiger partial charge in [0.15, 0.2) is 11.5 Å². The Hall–Kier alpha value is -3.21. The molecule has 0 aromatic heterocycles. The first-order chi connectivity index (χ1) is 12.1. The van der Waals surface area contributed by atoms with Gasteiger partial charge in [-0.15, -0.1) is 0 Å². The normalized spacial score (nSPS) is 11.0. The Morgan fingerprint density at radius 2 is 1.28 bits per heavy atom. The number of hydrogen-bond acceptors (Lipinski definition) is 4. The largest absolute Gasteiger partial charge is 0.493 e. The van der Waals surface area contributed by atoms with Crippen LogP contribution in [0.25, 0.3) is 18.2 Å². The van der Waals surface area contributed by atoms with E-state index in [2.05, 4.69) is 0 Å². The first kappa shape index (κ1) is 18.1. The number of carboxylic acids is 1. The summed E-state index contributed by atoms with van der Waals surface area (Å²) in [5.74, 6) is 0.773. The molecule has 130 valence electrons. The van der Waals surface area contributed by atoms with Crippen molar-refractivity contribution in [1.82, 2.24) is 0 Å². The van der Waals surface area contributed by atoms with Crippen LogP contribution in [0.3, 0.4) is 0 Å². The van der Waals surface area contributed by atoms with Crippen molar-refractivity contribution >= 4 is 24.2 Å². The standard InChI is InChI=1S/C20H20O5/c1-23-17-12-16(13-18(24-2)20(17)25-3)9-8-14-4-6-15(7-5-14)10-11-19(21)22/h4-13H,1-3H3,(H,21,22)/b9-8+,11-10?. The molecular formula is C20H20O5. The summed E-state index contributed by atoms with van der Waals surface area (Å²) < 4.78 is 16.0. The van der Waals surface area contributed by atoms with E-state index in [4.69, 9.17) is 19.3 Å². The van der Waals surface area contributed by atoms with Crippen LogP contribution in [0.5, 0.6) is 17.2 Å². The molecule has 0 saturated heterocycles. The van der Waals surface area contributed by atoms with E-state index in [9.17, 15) is 4.79 Å². The molecule has 2 aromatic carbocycles. The summed E-state index contributed by atoms with van der Waals surface area (Å²) in [5.41, 5.74) is 2.72. The minimum atomic E-state index is -0.966. The number of carbonyl (C=O) groups is 1. The van der Waals surface area contributed by atoms with E-state index in [0.717, 1.165) is 22.8 Å². The van der Waals surface area contributed by atoms with E-state index in [1.54, 1.807) is 27.4 Å². The van der Waals surface area contributed by atoms with Crippen LogP contribution in [0.4, 0.5) is 0 Å². The molecule has 0 bridgehead atoms. The average molecular weight is 340 g/mol. The van der Waals surface area contributed by atoms with Gasteiger partial charge >= 0.3 is 5.97 Å². The van der Waals surface area contributed by atoms with Crippen LogP contribution in [0.1, 0.15) is 16.7 Å². The van der Waals surface area contributed by atoms with Crippen LogP contribution in [0, 0.1) is 0 Å². The third-order valence-corrected chi connectivity index (χ3v) is 3.51. The van der Waals surface area contributed by atoms with Gasteiger partial charge in [-0.1, -0.05) is 36.4 Å². The highest BCUT2D eigenvalue weighted by atomic mass is 16.5. The lowest BCUT2D eigenvalue weighted by molar-refractivity contribution is -0.131. The van der Waals surface area contributed by atoms with Crippen molar-refractivity contribution in [3.8, 4) is 17.2 Å². The second kappa shape index (κ2) is 8.59. The number of methoxy groups -OCH3 is 3. The van der Waals surface area contributed by atoms with E-state index >= 15 is 0 Å². The van der Waals surface area contributed by atoms with Gasteiger partial charge in [-0.25, -0.2) is 4.79 Å². The lowest BCUT2D eigenvalue weighted by Crippen LogP contribution is -1.95. The molecule has 0 aliphatic carbocycles. The molecule has 2 aromatic rings. The van der Waals surface area contributed by atoms with E-state index in [1.807, 2.05) is 48.6 Å². The number of benzene rings is 2. The summed E-state index contributed by atoms with van der Waals surface area (Å²) in [6.07, 6.45) is 6.55. The molecule has 0 aliphatic heterocycles. The summed E-state index contributed by atoms with van der Waals surface area (Å²) in [5, 5.41) is 8.64. The lowest BCUT2D eigenvalue weighted by Gasteiger charge is -2.12. The van der Waals surface area contributed by atoms with Gasteiger partial charge in [0.05, 0.1) is 21.3 Å². The van der Waals surface area contributed by atoms with Crippen LogP contribution in [-0.2, 0) is 4.79 Å². The molecule has 0 radical (unpaired) electrons. The van der Waals surface area contributed by atoms with Gasteiger partial charge in [0.25, 0.3) is 0 Å². The van der Waals surface area contributed by atoms with Gasteiger partial charge in [-0.05, 0) is 34.9 Å². The topological polar surface area (TPSA) is 65.0 Å². The highest BCUT2D eigenvalue weighted by Gasteiger charge is 2.11. The predicted octanol–water partition coefficient (Wildman–Crippen LogP) is 3.98. The van der Waals surface area contributed by atoms with Gasteiger partial charge < -0.3 is 19.3 Å². The summed E-state index contributed by atoms with van der Waals surface area (Å²) in [6.45, 7) is 0. The van der Waals surface area contributed by atoms with Gasteiger partial charge in [0.1, 0.15) is 0 Å². The minimum absolute atomic E-state index is 0.553. The monoisotopic (exact) mass is 340 g/mol. The smallest absolute Gasteiger partial charge is 0.328 e. The van der Waals surface area contributed by atoms with E-state index in [0.29, 0.717) is 17.2 Å². The summed E-state index contributed by atoms with van der Waals surface area (Å²) in [4.78, 5) is 10.5. The zero-order valence-electron chi connectivity index (χ0n) is 14.4. The minimum Gasteiger partial charge on any atom is -0.493 e. The maximum atomic E-state index is 10.5. The Balaban J connectivity index is 2.22. The Morgan fingerprint density at radius 3 is 1.72 bits per heavy atom. The quantitative estimate of drug-likeness (QED) is 0.610. The van der Waals surface area contributed by atoms with E-state index < -0.39 is 5.97 Å². The SMILES string of the molecule is COc1cc(/C=C/c2ccc(C=CC(=O)O)cc2)cc(OC)c1OC. The summed E-state index contributed by atoms with van der Waals surface area (Å²) in [7, 11) is 4.72. The van der Waals surface area contributed by atoms with Gasteiger partial charge in [0, 0.05) is 6.08 Å². The van der Waals surface area contributed by atoms with Crippen molar-refractivity contribution in [2.24, 2.45) is 0 Å². The Bertz CT molecular complexity index is 763. The highest BCUT2D eigenvalue weighted by molar-refractivity contribution is 5.85. The lowest BCUT2D eigenvalue weighted by atomic mass is 10.1. The molecule has 0 fully saturated rings. The van der Waals surface area contributed by atoms with Crippen LogP contribution in [0.2, 0.25) is 0 Å². The maximum absolute atomic E-state index is 10.5. The molecule has 0 saturated carbocycles. The molecule has 0 heterocycles. The van der Waals surface area contributed by atoms with Gasteiger partial charge in [-0.2, -0.15) is 0 Å². The van der Waals surface area contributed by atoms with Crippen molar-refractivity contribution in [3.05, 3.63) is 59.2 Å². The Morgan fingerprint density at radius 1 is 0.800 bits per heavy atom. The predicted molar refractivity (Wildman–Crippen MR) is 98.1 cm³/mol. The van der Waals surface area contributed by atoms with Crippen molar-refractivity contribution in [2.45, 2.75) is 0 Å². The fourth-order valence-electron chi connectivity index (χ4n) is 2.28. The van der Waals surface area contributed by atoms with Crippen molar-refractivity contribution < 1.29 is 24.1 Å². The zero-order chi connectivity index (χ0) is 18.2.